The number of nitrogens with zero attached hydrogens (tertiary/aromatic N) is 3. The molecular formula is C15H28N4. The molecule has 4 nitrogen and oxygen atoms in total. The maximum atomic E-state index is 4.54. The number of rotatable bonds is 6. The minimum absolute atomic E-state index is 0.861. The van der Waals surface area contributed by atoms with E-state index in [1.165, 1.54) is 43.9 Å². The van der Waals surface area contributed by atoms with Gasteiger partial charge >= 0.3 is 0 Å². The largest absolute Gasteiger partial charge is 0.317 e. The van der Waals surface area contributed by atoms with Crippen molar-refractivity contribution in [2.45, 2.75) is 39.7 Å². The van der Waals surface area contributed by atoms with Gasteiger partial charge in [-0.3, -0.25) is 9.58 Å². The second-order valence-electron chi connectivity index (χ2n) is 5.63. The Balaban J connectivity index is 1.91. The highest BCUT2D eigenvalue weighted by molar-refractivity contribution is 5.10. The first-order valence-electron chi connectivity index (χ1n) is 7.67. The molecule has 0 aliphatic carbocycles. The summed E-state index contributed by atoms with van der Waals surface area (Å²) in [4.78, 5) is 2.56. The molecule has 108 valence electrons. The van der Waals surface area contributed by atoms with Crippen LogP contribution in [-0.2, 0) is 20.0 Å². The normalized spacial score (nSPS) is 17.3. The minimum atomic E-state index is 0.861. The first-order chi connectivity index (χ1) is 9.22. The Morgan fingerprint density at radius 1 is 1.37 bits per heavy atom. The number of nitrogens with one attached hydrogen (secondary N) is 1. The summed E-state index contributed by atoms with van der Waals surface area (Å²) >= 11 is 0. The standard InChI is InChI=1S/C15H28N4/c1-4-14-10-15(18(3)17-14)12-19(5-2)11-13-6-8-16-9-7-13/h10,13,16H,4-9,11-12H2,1-3H3. The molecule has 2 rings (SSSR count). The summed E-state index contributed by atoms with van der Waals surface area (Å²) in [6.45, 7) is 10.2. The van der Waals surface area contributed by atoms with E-state index >= 15 is 0 Å². The first kappa shape index (κ1) is 14.5. The number of aryl methyl sites for hydroxylation is 2. The van der Waals surface area contributed by atoms with Crippen molar-refractivity contribution in [3.8, 4) is 0 Å². The Morgan fingerprint density at radius 3 is 2.68 bits per heavy atom. The van der Waals surface area contributed by atoms with Crippen molar-refractivity contribution in [1.82, 2.24) is 20.0 Å². The lowest BCUT2D eigenvalue weighted by Crippen LogP contribution is -2.36. The second kappa shape index (κ2) is 7.06. The molecule has 0 aromatic carbocycles. The van der Waals surface area contributed by atoms with Crippen molar-refractivity contribution in [3.05, 3.63) is 17.5 Å². The predicted molar refractivity (Wildman–Crippen MR) is 79.1 cm³/mol. The minimum Gasteiger partial charge on any atom is -0.317 e. The molecule has 0 bridgehead atoms. The van der Waals surface area contributed by atoms with E-state index in [1.807, 2.05) is 4.68 Å². The molecule has 1 aromatic rings. The van der Waals surface area contributed by atoms with Crippen LogP contribution < -0.4 is 5.32 Å². The Bertz CT molecular complexity index is 379. The first-order valence-corrected chi connectivity index (χ1v) is 7.67. The van der Waals surface area contributed by atoms with Crippen LogP contribution in [0.1, 0.15) is 38.1 Å². The summed E-state index contributed by atoms with van der Waals surface area (Å²) in [7, 11) is 2.06. The van der Waals surface area contributed by atoms with E-state index in [-0.39, 0.29) is 0 Å². The van der Waals surface area contributed by atoms with Gasteiger partial charge < -0.3 is 5.32 Å². The quantitative estimate of drug-likeness (QED) is 0.850. The maximum absolute atomic E-state index is 4.54. The third kappa shape index (κ3) is 4.05. The zero-order valence-corrected chi connectivity index (χ0v) is 12.7. The number of piperidine rings is 1. The molecule has 0 spiro atoms. The smallest absolute Gasteiger partial charge is 0.0625 e. The van der Waals surface area contributed by atoms with E-state index < -0.39 is 0 Å². The molecule has 1 aromatic heterocycles. The Morgan fingerprint density at radius 2 is 2.11 bits per heavy atom. The van der Waals surface area contributed by atoms with Gasteiger partial charge in [-0.15, -0.1) is 0 Å². The Labute approximate surface area is 117 Å². The van der Waals surface area contributed by atoms with Crippen molar-refractivity contribution in [2.75, 3.05) is 26.2 Å². The van der Waals surface area contributed by atoms with Gasteiger partial charge in [0.2, 0.25) is 0 Å². The van der Waals surface area contributed by atoms with E-state index in [0.717, 1.165) is 25.4 Å². The highest BCUT2D eigenvalue weighted by Gasteiger charge is 2.17. The number of hydrogen-bond acceptors (Lipinski definition) is 3. The summed E-state index contributed by atoms with van der Waals surface area (Å²) < 4.78 is 2.05. The average Bonchev–Trinajstić information content (AvgIpc) is 2.80. The molecular weight excluding hydrogens is 236 g/mol. The molecule has 0 unspecified atom stereocenters. The molecule has 1 aliphatic heterocycles. The highest BCUT2D eigenvalue weighted by Crippen LogP contribution is 2.15. The summed E-state index contributed by atoms with van der Waals surface area (Å²) in [5.74, 6) is 0.861. The average molecular weight is 264 g/mol. The van der Waals surface area contributed by atoms with Crippen LogP contribution in [-0.4, -0.2) is 40.9 Å². The maximum Gasteiger partial charge on any atom is 0.0625 e. The molecule has 0 radical (unpaired) electrons. The van der Waals surface area contributed by atoms with Gasteiger partial charge in [0.15, 0.2) is 0 Å². The lowest BCUT2D eigenvalue weighted by Gasteiger charge is -2.29. The van der Waals surface area contributed by atoms with E-state index in [0.29, 0.717) is 0 Å². The van der Waals surface area contributed by atoms with Gasteiger partial charge in [-0.25, -0.2) is 0 Å². The fraction of sp³-hybridized carbons (Fsp3) is 0.800. The topological polar surface area (TPSA) is 33.1 Å². The molecule has 1 aliphatic rings. The number of aromatic nitrogens is 2. The SMILES string of the molecule is CCc1cc(CN(CC)CC2CCNCC2)n(C)n1. The summed E-state index contributed by atoms with van der Waals surface area (Å²) in [6.07, 6.45) is 3.67. The molecule has 1 saturated heterocycles. The molecule has 1 N–H and O–H groups in total. The van der Waals surface area contributed by atoms with Crippen molar-refractivity contribution < 1.29 is 0 Å². The molecule has 4 heteroatoms. The van der Waals surface area contributed by atoms with Crippen molar-refractivity contribution in [2.24, 2.45) is 13.0 Å². The van der Waals surface area contributed by atoms with Gasteiger partial charge in [0.1, 0.15) is 0 Å². The molecule has 0 atom stereocenters. The lowest BCUT2D eigenvalue weighted by molar-refractivity contribution is 0.203. The molecule has 19 heavy (non-hydrogen) atoms. The summed E-state index contributed by atoms with van der Waals surface area (Å²) in [5.41, 5.74) is 2.54. The van der Waals surface area contributed by atoms with Crippen LogP contribution in [0.25, 0.3) is 0 Å². The van der Waals surface area contributed by atoms with Crippen molar-refractivity contribution in [3.63, 3.8) is 0 Å². The molecule has 0 saturated carbocycles. The van der Waals surface area contributed by atoms with Gasteiger partial charge in [0, 0.05) is 20.1 Å². The summed E-state index contributed by atoms with van der Waals surface area (Å²) in [5, 5.41) is 7.99. The zero-order valence-electron chi connectivity index (χ0n) is 12.7. The van der Waals surface area contributed by atoms with Crippen molar-refractivity contribution in [1.29, 1.82) is 0 Å². The Kier molecular flexibility index (Phi) is 5.40. The predicted octanol–water partition coefficient (Wildman–Crippen LogP) is 1.80. The van der Waals surface area contributed by atoms with E-state index in [9.17, 15) is 0 Å². The third-order valence-corrected chi connectivity index (χ3v) is 4.20. The van der Waals surface area contributed by atoms with Gasteiger partial charge in [0.05, 0.1) is 11.4 Å². The Hall–Kier alpha value is -0.870. The second-order valence-corrected chi connectivity index (χ2v) is 5.63. The fourth-order valence-corrected chi connectivity index (χ4v) is 2.86. The highest BCUT2D eigenvalue weighted by atomic mass is 15.3. The van der Waals surface area contributed by atoms with E-state index in [2.05, 4.69) is 42.3 Å². The summed E-state index contributed by atoms with van der Waals surface area (Å²) in [6, 6.07) is 2.26. The van der Waals surface area contributed by atoms with Crippen LogP contribution in [0.5, 0.6) is 0 Å². The lowest BCUT2D eigenvalue weighted by atomic mass is 9.97. The molecule has 0 amide bonds. The van der Waals surface area contributed by atoms with E-state index in [1.54, 1.807) is 0 Å². The van der Waals surface area contributed by atoms with Gasteiger partial charge in [-0.2, -0.15) is 5.10 Å². The van der Waals surface area contributed by atoms with Crippen LogP contribution in [0.2, 0.25) is 0 Å². The molecule has 1 fully saturated rings. The fourth-order valence-electron chi connectivity index (χ4n) is 2.86. The van der Waals surface area contributed by atoms with Gasteiger partial charge in [-0.1, -0.05) is 13.8 Å². The van der Waals surface area contributed by atoms with Gasteiger partial charge in [0.25, 0.3) is 0 Å². The van der Waals surface area contributed by atoms with Crippen LogP contribution in [0.4, 0.5) is 0 Å². The van der Waals surface area contributed by atoms with E-state index in [4.69, 9.17) is 0 Å². The zero-order chi connectivity index (χ0) is 13.7. The molecule has 2 heterocycles. The van der Waals surface area contributed by atoms with Crippen molar-refractivity contribution >= 4 is 0 Å². The van der Waals surface area contributed by atoms with Crippen LogP contribution >= 0.6 is 0 Å². The van der Waals surface area contributed by atoms with Crippen LogP contribution in [0, 0.1) is 5.92 Å². The third-order valence-electron chi connectivity index (χ3n) is 4.20. The monoisotopic (exact) mass is 264 g/mol. The number of hydrogen-bond donors (Lipinski definition) is 1. The van der Waals surface area contributed by atoms with Crippen LogP contribution in [0.15, 0.2) is 6.07 Å². The van der Waals surface area contributed by atoms with Crippen LogP contribution in [0.3, 0.4) is 0 Å². The van der Waals surface area contributed by atoms with Gasteiger partial charge in [-0.05, 0) is 50.9 Å².